The fraction of sp³-hybridized carbons (Fsp3) is 0.444. The van der Waals surface area contributed by atoms with Gasteiger partial charge in [0.15, 0.2) is 0 Å². The van der Waals surface area contributed by atoms with Crippen molar-refractivity contribution in [1.29, 1.82) is 0 Å². The van der Waals surface area contributed by atoms with Gasteiger partial charge in [-0.05, 0) is 56.8 Å². The fourth-order valence-electron chi connectivity index (χ4n) is 3.42. The molecule has 3 heterocycles. The Balaban J connectivity index is 1.76. The van der Waals surface area contributed by atoms with Crippen LogP contribution >= 0.6 is 0 Å². The third-order valence-electron chi connectivity index (χ3n) is 4.57. The molecule has 4 nitrogen and oxygen atoms in total. The van der Waals surface area contributed by atoms with Crippen LogP contribution in [0.15, 0.2) is 48.9 Å². The van der Waals surface area contributed by atoms with Crippen molar-refractivity contribution < 1.29 is 0 Å². The lowest BCUT2D eigenvalue weighted by Gasteiger charge is -2.31. The number of nitrogens with zero attached hydrogens (tertiary/aromatic N) is 4. The molecule has 0 aromatic carbocycles. The molecule has 0 radical (unpaired) electrons. The summed E-state index contributed by atoms with van der Waals surface area (Å²) in [5, 5.41) is 0. The van der Waals surface area contributed by atoms with E-state index in [1.165, 1.54) is 12.0 Å². The molecule has 0 spiro atoms. The van der Waals surface area contributed by atoms with Crippen LogP contribution in [0.5, 0.6) is 0 Å². The van der Waals surface area contributed by atoms with Gasteiger partial charge in [-0.2, -0.15) is 0 Å². The minimum atomic E-state index is 0.527. The van der Waals surface area contributed by atoms with Crippen molar-refractivity contribution in [3.8, 4) is 0 Å². The second-order valence-electron chi connectivity index (χ2n) is 6.24. The largest absolute Gasteiger partial charge is 0.305 e. The first-order valence-corrected chi connectivity index (χ1v) is 7.93. The number of hydrogen-bond acceptors (Lipinski definition) is 4. The van der Waals surface area contributed by atoms with Gasteiger partial charge in [-0.15, -0.1) is 0 Å². The van der Waals surface area contributed by atoms with Crippen molar-refractivity contribution in [3.63, 3.8) is 0 Å². The molecule has 1 aliphatic heterocycles. The summed E-state index contributed by atoms with van der Waals surface area (Å²) in [6, 6.07) is 11.5. The van der Waals surface area contributed by atoms with Gasteiger partial charge in [-0.25, -0.2) is 0 Å². The molecule has 22 heavy (non-hydrogen) atoms. The molecule has 0 saturated carbocycles. The molecular weight excluding hydrogens is 272 g/mol. The summed E-state index contributed by atoms with van der Waals surface area (Å²) >= 11 is 0. The average Bonchev–Trinajstić information content (AvgIpc) is 2.92. The second kappa shape index (κ2) is 6.99. The zero-order chi connectivity index (χ0) is 15.4. The number of hydrogen-bond donors (Lipinski definition) is 0. The van der Waals surface area contributed by atoms with Crippen molar-refractivity contribution in [2.24, 2.45) is 0 Å². The maximum absolute atomic E-state index is 4.49. The molecule has 3 rings (SSSR count). The topological polar surface area (TPSA) is 32.3 Å². The van der Waals surface area contributed by atoms with Crippen LogP contribution < -0.4 is 0 Å². The number of aromatic nitrogens is 2. The second-order valence-corrected chi connectivity index (χ2v) is 6.24. The first kappa shape index (κ1) is 15.1. The van der Waals surface area contributed by atoms with E-state index in [1.807, 2.05) is 24.7 Å². The third-order valence-corrected chi connectivity index (χ3v) is 4.57. The number of rotatable bonds is 5. The zero-order valence-electron chi connectivity index (χ0n) is 13.4. The Morgan fingerprint density at radius 1 is 1.14 bits per heavy atom. The molecule has 0 bridgehead atoms. The highest BCUT2D eigenvalue weighted by atomic mass is 15.3. The summed E-state index contributed by atoms with van der Waals surface area (Å²) in [6.07, 6.45) is 7.94. The number of pyridine rings is 2. The molecule has 1 saturated heterocycles. The van der Waals surface area contributed by atoms with Gasteiger partial charge < -0.3 is 4.90 Å². The Morgan fingerprint density at radius 3 is 2.64 bits per heavy atom. The van der Waals surface area contributed by atoms with Crippen LogP contribution in [0.3, 0.4) is 0 Å². The molecule has 2 atom stereocenters. The van der Waals surface area contributed by atoms with E-state index in [4.69, 9.17) is 0 Å². The van der Waals surface area contributed by atoms with E-state index in [9.17, 15) is 0 Å². The summed E-state index contributed by atoms with van der Waals surface area (Å²) in [6.45, 7) is 2.07. The molecule has 2 aromatic heterocycles. The van der Waals surface area contributed by atoms with Crippen LogP contribution in [0.2, 0.25) is 0 Å². The summed E-state index contributed by atoms with van der Waals surface area (Å²) in [7, 11) is 4.38. The summed E-state index contributed by atoms with van der Waals surface area (Å²) in [5.41, 5.74) is 2.52. The van der Waals surface area contributed by atoms with Gasteiger partial charge in [-0.1, -0.05) is 6.07 Å². The monoisotopic (exact) mass is 296 g/mol. The molecule has 2 aromatic rings. The molecule has 0 unspecified atom stereocenters. The Labute approximate surface area is 132 Å². The van der Waals surface area contributed by atoms with Crippen LogP contribution in [0.25, 0.3) is 0 Å². The predicted octanol–water partition coefficient (Wildman–Crippen LogP) is 2.22. The van der Waals surface area contributed by atoms with Crippen LogP contribution in [-0.4, -0.2) is 52.5 Å². The standard InChI is InChI=1S/C18H24N4/c1-21(2)17-8-12-22(14-16-5-3-4-9-20-16)18(17)13-15-6-10-19-11-7-15/h3-7,9-11,17-18H,8,12-14H2,1-2H3/t17-,18+/m1/s1. The van der Waals surface area contributed by atoms with Gasteiger partial charge >= 0.3 is 0 Å². The zero-order valence-corrected chi connectivity index (χ0v) is 13.4. The molecule has 116 valence electrons. The number of likely N-dealkylation sites (N-methyl/N-ethyl adjacent to an activating group) is 1. The van der Waals surface area contributed by atoms with Crippen molar-refractivity contribution in [1.82, 2.24) is 19.8 Å². The van der Waals surface area contributed by atoms with Gasteiger partial charge in [0.1, 0.15) is 0 Å². The smallest absolute Gasteiger partial charge is 0.0544 e. The minimum Gasteiger partial charge on any atom is -0.305 e. The maximum Gasteiger partial charge on any atom is 0.0544 e. The minimum absolute atomic E-state index is 0.527. The Kier molecular flexibility index (Phi) is 4.80. The Hall–Kier alpha value is -1.78. The van der Waals surface area contributed by atoms with Crippen molar-refractivity contribution in [3.05, 3.63) is 60.2 Å². The molecule has 0 aliphatic carbocycles. The lowest BCUT2D eigenvalue weighted by atomic mass is 10.00. The van der Waals surface area contributed by atoms with E-state index in [1.54, 1.807) is 0 Å². The molecule has 1 aliphatic rings. The summed E-state index contributed by atoms with van der Waals surface area (Å²) < 4.78 is 0. The predicted molar refractivity (Wildman–Crippen MR) is 88.5 cm³/mol. The summed E-state index contributed by atoms with van der Waals surface area (Å²) in [4.78, 5) is 13.6. The van der Waals surface area contributed by atoms with Gasteiger partial charge in [0.25, 0.3) is 0 Å². The van der Waals surface area contributed by atoms with E-state index < -0.39 is 0 Å². The van der Waals surface area contributed by atoms with Crippen LogP contribution in [0, 0.1) is 0 Å². The summed E-state index contributed by atoms with van der Waals surface area (Å²) in [5.74, 6) is 0. The highest BCUT2D eigenvalue weighted by Crippen LogP contribution is 2.26. The third kappa shape index (κ3) is 3.51. The quantitative estimate of drug-likeness (QED) is 0.847. The van der Waals surface area contributed by atoms with Gasteiger partial charge in [0, 0.05) is 43.8 Å². The SMILES string of the molecule is CN(C)[C@@H]1CCN(Cc2ccccn2)[C@H]1Cc1ccncc1. The molecule has 0 amide bonds. The first-order chi connectivity index (χ1) is 10.7. The van der Waals surface area contributed by atoms with E-state index >= 15 is 0 Å². The van der Waals surface area contributed by atoms with Crippen LogP contribution in [-0.2, 0) is 13.0 Å². The normalized spacial score (nSPS) is 22.3. The van der Waals surface area contributed by atoms with E-state index in [0.717, 1.165) is 25.2 Å². The molecule has 4 heteroatoms. The van der Waals surface area contributed by atoms with E-state index in [-0.39, 0.29) is 0 Å². The highest BCUT2D eigenvalue weighted by Gasteiger charge is 2.35. The van der Waals surface area contributed by atoms with Crippen molar-refractivity contribution in [2.45, 2.75) is 31.5 Å². The molecule has 1 fully saturated rings. The lowest BCUT2D eigenvalue weighted by Crippen LogP contribution is -2.43. The number of likely N-dealkylation sites (tertiary alicyclic amines) is 1. The van der Waals surface area contributed by atoms with Crippen molar-refractivity contribution in [2.75, 3.05) is 20.6 Å². The van der Waals surface area contributed by atoms with Gasteiger partial charge in [0.05, 0.1) is 5.69 Å². The highest BCUT2D eigenvalue weighted by molar-refractivity contribution is 5.14. The average molecular weight is 296 g/mol. The Bertz CT molecular complexity index is 570. The van der Waals surface area contributed by atoms with Gasteiger partial charge in [-0.3, -0.25) is 14.9 Å². The fourth-order valence-corrected chi connectivity index (χ4v) is 3.42. The van der Waals surface area contributed by atoms with Gasteiger partial charge in [0.2, 0.25) is 0 Å². The molecule has 0 N–H and O–H groups in total. The van der Waals surface area contributed by atoms with Crippen LogP contribution in [0.4, 0.5) is 0 Å². The first-order valence-electron chi connectivity index (χ1n) is 7.93. The lowest BCUT2D eigenvalue weighted by molar-refractivity contribution is 0.176. The Morgan fingerprint density at radius 2 is 1.95 bits per heavy atom. The van der Waals surface area contributed by atoms with E-state index in [2.05, 4.69) is 58.1 Å². The van der Waals surface area contributed by atoms with Crippen LogP contribution in [0.1, 0.15) is 17.7 Å². The molecular formula is C18H24N4. The maximum atomic E-state index is 4.49. The van der Waals surface area contributed by atoms with Crippen molar-refractivity contribution >= 4 is 0 Å². The van der Waals surface area contributed by atoms with E-state index in [0.29, 0.717) is 12.1 Å².